The fourth-order valence-electron chi connectivity index (χ4n) is 1.26. The van der Waals surface area contributed by atoms with Crippen LogP contribution in [0.3, 0.4) is 0 Å². The van der Waals surface area contributed by atoms with Gasteiger partial charge in [-0.25, -0.2) is 0 Å². The van der Waals surface area contributed by atoms with Crippen LogP contribution >= 0.6 is 22.7 Å². The Bertz CT molecular complexity index is 387. The fraction of sp³-hybridized carbons (Fsp3) is 0.182. The van der Waals surface area contributed by atoms with Gasteiger partial charge in [0.25, 0.3) is 0 Å². The Hall–Kier alpha value is -0.930. The zero-order valence-corrected chi connectivity index (χ0v) is 9.24. The molecule has 0 N–H and O–H groups in total. The Labute approximate surface area is 91.0 Å². The molecule has 0 aromatic carbocycles. The van der Waals surface area contributed by atoms with Crippen LogP contribution in [-0.4, -0.2) is 5.78 Å². The van der Waals surface area contributed by atoms with Gasteiger partial charge in [-0.3, -0.25) is 4.79 Å². The van der Waals surface area contributed by atoms with Crippen LogP contribution in [0.25, 0.3) is 0 Å². The van der Waals surface area contributed by atoms with Gasteiger partial charge in [-0.2, -0.15) is 22.7 Å². The predicted molar refractivity (Wildman–Crippen MR) is 61.3 cm³/mol. The molecule has 2 aromatic heterocycles. The van der Waals surface area contributed by atoms with Crippen molar-refractivity contribution in [1.29, 1.82) is 0 Å². The van der Waals surface area contributed by atoms with E-state index in [4.69, 9.17) is 0 Å². The van der Waals surface area contributed by atoms with Gasteiger partial charge in [0.1, 0.15) is 0 Å². The van der Waals surface area contributed by atoms with Crippen LogP contribution < -0.4 is 0 Å². The van der Waals surface area contributed by atoms with Crippen molar-refractivity contribution in [3.8, 4) is 0 Å². The van der Waals surface area contributed by atoms with Crippen molar-refractivity contribution in [2.24, 2.45) is 0 Å². The molecule has 0 radical (unpaired) electrons. The van der Waals surface area contributed by atoms with E-state index >= 15 is 0 Å². The zero-order valence-electron chi connectivity index (χ0n) is 7.60. The molecule has 2 aromatic rings. The van der Waals surface area contributed by atoms with Crippen LogP contribution in [-0.2, 0) is 6.42 Å². The SMILES string of the molecule is O=C(CCc1ccsc1)c1ccsc1. The Balaban J connectivity index is 1.90. The van der Waals surface area contributed by atoms with E-state index < -0.39 is 0 Å². The van der Waals surface area contributed by atoms with Gasteiger partial charge in [0.05, 0.1) is 0 Å². The average molecular weight is 222 g/mol. The van der Waals surface area contributed by atoms with Gasteiger partial charge in [0, 0.05) is 17.4 Å². The second kappa shape index (κ2) is 4.53. The first kappa shape index (κ1) is 9.62. The topological polar surface area (TPSA) is 17.1 Å². The second-order valence-corrected chi connectivity index (χ2v) is 4.63. The molecule has 0 aliphatic heterocycles. The minimum absolute atomic E-state index is 0.248. The Morgan fingerprint density at radius 3 is 2.57 bits per heavy atom. The lowest BCUT2D eigenvalue weighted by atomic mass is 10.1. The molecule has 72 valence electrons. The van der Waals surface area contributed by atoms with Gasteiger partial charge in [-0.1, -0.05) is 0 Å². The van der Waals surface area contributed by atoms with Crippen molar-refractivity contribution in [1.82, 2.24) is 0 Å². The number of rotatable bonds is 4. The third-order valence-electron chi connectivity index (χ3n) is 2.06. The van der Waals surface area contributed by atoms with Crippen LogP contribution in [0.4, 0.5) is 0 Å². The van der Waals surface area contributed by atoms with Gasteiger partial charge in [0.15, 0.2) is 5.78 Å². The molecule has 0 aliphatic carbocycles. The van der Waals surface area contributed by atoms with E-state index in [0.717, 1.165) is 12.0 Å². The summed E-state index contributed by atoms with van der Waals surface area (Å²) in [7, 11) is 0. The summed E-state index contributed by atoms with van der Waals surface area (Å²) in [6, 6.07) is 3.96. The molecule has 3 heteroatoms. The van der Waals surface area contributed by atoms with Crippen LogP contribution in [0, 0.1) is 0 Å². The van der Waals surface area contributed by atoms with E-state index in [1.54, 1.807) is 22.7 Å². The Kier molecular flexibility index (Phi) is 3.11. The van der Waals surface area contributed by atoms with Crippen LogP contribution in [0.15, 0.2) is 33.7 Å². The maximum atomic E-state index is 11.6. The second-order valence-electron chi connectivity index (χ2n) is 3.07. The number of hydrogen-bond acceptors (Lipinski definition) is 3. The molecule has 2 heterocycles. The third-order valence-corrected chi connectivity index (χ3v) is 3.48. The summed E-state index contributed by atoms with van der Waals surface area (Å²) in [6.45, 7) is 0. The molecule has 0 atom stereocenters. The molecule has 0 spiro atoms. The monoisotopic (exact) mass is 222 g/mol. The molecule has 0 fully saturated rings. The van der Waals surface area contributed by atoms with Crippen molar-refractivity contribution >= 4 is 28.5 Å². The number of aryl methyl sites for hydroxylation is 1. The highest BCUT2D eigenvalue weighted by Gasteiger charge is 2.05. The molecular formula is C11H10OS2. The highest BCUT2D eigenvalue weighted by atomic mass is 32.1. The standard InChI is InChI=1S/C11H10OS2/c12-11(10-4-6-14-8-10)2-1-9-3-5-13-7-9/h3-8H,1-2H2. The molecule has 0 bridgehead atoms. The molecule has 1 nitrogen and oxygen atoms in total. The van der Waals surface area contributed by atoms with E-state index in [9.17, 15) is 4.79 Å². The van der Waals surface area contributed by atoms with Gasteiger partial charge in [0.2, 0.25) is 0 Å². The van der Waals surface area contributed by atoms with E-state index in [1.807, 2.05) is 22.2 Å². The summed E-state index contributed by atoms with van der Waals surface area (Å²) in [6.07, 6.45) is 1.48. The summed E-state index contributed by atoms with van der Waals surface area (Å²) in [5, 5.41) is 8.00. The molecule has 0 aliphatic rings. The van der Waals surface area contributed by atoms with Gasteiger partial charge >= 0.3 is 0 Å². The number of thiophene rings is 2. The van der Waals surface area contributed by atoms with E-state index in [1.165, 1.54) is 5.56 Å². The summed E-state index contributed by atoms with van der Waals surface area (Å²) in [4.78, 5) is 11.6. The first-order valence-electron chi connectivity index (χ1n) is 4.43. The highest BCUT2D eigenvalue weighted by Crippen LogP contribution is 2.13. The largest absolute Gasteiger partial charge is 0.294 e. The molecule has 0 amide bonds. The van der Waals surface area contributed by atoms with Crippen molar-refractivity contribution < 1.29 is 4.79 Å². The normalized spacial score (nSPS) is 10.3. The summed E-state index contributed by atoms with van der Waals surface area (Å²) in [5.74, 6) is 0.248. The van der Waals surface area contributed by atoms with Crippen LogP contribution in [0.5, 0.6) is 0 Å². The maximum Gasteiger partial charge on any atom is 0.164 e. The Morgan fingerprint density at radius 1 is 1.14 bits per heavy atom. The average Bonchev–Trinajstić information content (AvgIpc) is 2.87. The van der Waals surface area contributed by atoms with Gasteiger partial charge < -0.3 is 0 Å². The molecule has 0 saturated carbocycles. The van der Waals surface area contributed by atoms with Crippen molar-refractivity contribution in [3.05, 3.63) is 44.8 Å². The number of hydrogen-bond donors (Lipinski definition) is 0. The van der Waals surface area contributed by atoms with Gasteiger partial charge in [-0.05, 0) is 40.3 Å². The quantitative estimate of drug-likeness (QED) is 0.722. The predicted octanol–water partition coefficient (Wildman–Crippen LogP) is 3.63. The molecule has 14 heavy (non-hydrogen) atoms. The summed E-state index contributed by atoms with van der Waals surface area (Å²) in [5.41, 5.74) is 2.11. The molecule has 0 saturated heterocycles. The maximum absolute atomic E-state index is 11.6. The fourth-order valence-corrected chi connectivity index (χ4v) is 2.62. The Morgan fingerprint density at radius 2 is 1.93 bits per heavy atom. The number of ketones is 1. The number of Topliss-reactive ketones (excluding diaryl/α,β-unsaturated/α-hetero) is 1. The lowest BCUT2D eigenvalue weighted by molar-refractivity contribution is 0.0983. The van der Waals surface area contributed by atoms with E-state index in [-0.39, 0.29) is 5.78 Å². The van der Waals surface area contributed by atoms with Crippen molar-refractivity contribution in [2.75, 3.05) is 0 Å². The zero-order chi connectivity index (χ0) is 9.80. The van der Waals surface area contributed by atoms with Crippen LogP contribution in [0.2, 0.25) is 0 Å². The number of carbonyl (C=O) groups excluding carboxylic acids is 1. The van der Waals surface area contributed by atoms with Crippen molar-refractivity contribution in [2.45, 2.75) is 12.8 Å². The minimum atomic E-state index is 0.248. The molecular weight excluding hydrogens is 212 g/mol. The molecule has 2 rings (SSSR count). The lowest BCUT2D eigenvalue weighted by Gasteiger charge is -1.96. The first-order chi connectivity index (χ1) is 6.86. The van der Waals surface area contributed by atoms with E-state index in [0.29, 0.717) is 6.42 Å². The smallest absolute Gasteiger partial charge is 0.164 e. The summed E-state index contributed by atoms with van der Waals surface area (Å²) < 4.78 is 0. The molecule has 0 unspecified atom stereocenters. The lowest BCUT2D eigenvalue weighted by Crippen LogP contribution is -1.98. The van der Waals surface area contributed by atoms with Crippen LogP contribution in [0.1, 0.15) is 22.3 Å². The number of carbonyl (C=O) groups is 1. The van der Waals surface area contributed by atoms with E-state index in [2.05, 4.69) is 11.4 Å². The summed E-state index contributed by atoms with van der Waals surface area (Å²) >= 11 is 3.25. The van der Waals surface area contributed by atoms with Crippen molar-refractivity contribution in [3.63, 3.8) is 0 Å². The highest BCUT2D eigenvalue weighted by molar-refractivity contribution is 7.08. The first-order valence-corrected chi connectivity index (χ1v) is 6.31. The minimum Gasteiger partial charge on any atom is -0.294 e. The van der Waals surface area contributed by atoms with Gasteiger partial charge in [-0.15, -0.1) is 0 Å². The third kappa shape index (κ3) is 2.30.